The molecular weight excluding hydrogens is 354 g/mol. The van der Waals surface area contributed by atoms with Crippen molar-refractivity contribution in [1.29, 1.82) is 0 Å². The van der Waals surface area contributed by atoms with Crippen LogP contribution in [0.5, 0.6) is 5.75 Å². The molecule has 0 spiro atoms. The maximum Gasteiger partial charge on any atom is 0.241 e. The summed E-state index contributed by atoms with van der Waals surface area (Å²) in [7, 11) is -1.98. The minimum Gasteiger partial charge on any atom is -0.494 e. The lowest BCUT2D eigenvalue weighted by molar-refractivity contribution is -0.118. The number of sulfonamides is 1. The molecule has 0 saturated carbocycles. The molecule has 2 aromatic rings. The first-order chi connectivity index (χ1) is 12.4. The van der Waals surface area contributed by atoms with Crippen molar-refractivity contribution in [2.45, 2.75) is 19.0 Å². The third kappa shape index (κ3) is 4.33. The highest BCUT2D eigenvalue weighted by Gasteiger charge is 2.24. The Balaban J connectivity index is 1.72. The lowest BCUT2D eigenvalue weighted by Crippen LogP contribution is -2.44. The molecule has 1 aliphatic rings. The molecule has 2 aromatic carbocycles. The average Bonchev–Trinajstić information content (AvgIpc) is 2.61. The van der Waals surface area contributed by atoms with Crippen molar-refractivity contribution in [3.8, 4) is 5.75 Å². The van der Waals surface area contributed by atoms with Crippen LogP contribution < -0.4 is 20.1 Å². The molecular formula is C18H21N3O4S. The minimum absolute atomic E-state index is 0.148. The van der Waals surface area contributed by atoms with Crippen molar-refractivity contribution in [3.63, 3.8) is 0 Å². The van der Waals surface area contributed by atoms with Crippen molar-refractivity contribution in [3.05, 3.63) is 53.6 Å². The summed E-state index contributed by atoms with van der Waals surface area (Å²) in [6.45, 7) is 0.648. The van der Waals surface area contributed by atoms with Crippen LogP contribution in [0.1, 0.15) is 11.1 Å². The number of amides is 1. The van der Waals surface area contributed by atoms with Gasteiger partial charge < -0.3 is 15.4 Å². The quantitative estimate of drug-likeness (QED) is 0.739. The van der Waals surface area contributed by atoms with Gasteiger partial charge in [0.2, 0.25) is 15.9 Å². The number of nitrogens with one attached hydrogen (secondary N) is 3. The van der Waals surface area contributed by atoms with Crippen molar-refractivity contribution < 1.29 is 17.9 Å². The zero-order valence-electron chi connectivity index (χ0n) is 14.6. The van der Waals surface area contributed by atoms with Gasteiger partial charge in [-0.25, -0.2) is 8.42 Å². The van der Waals surface area contributed by atoms with E-state index in [2.05, 4.69) is 21.4 Å². The molecule has 8 heteroatoms. The smallest absolute Gasteiger partial charge is 0.241 e. The first kappa shape index (κ1) is 18.2. The van der Waals surface area contributed by atoms with E-state index in [1.807, 2.05) is 18.2 Å². The molecule has 0 radical (unpaired) electrons. The first-order valence-electron chi connectivity index (χ1n) is 8.12. The molecule has 1 aliphatic heterocycles. The maximum absolute atomic E-state index is 12.6. The Hall–Kier alpha value is -2.58. The monoisotopic (exact) mass is 375 g/mol. The number of rotatable bonds is 5. The number of methoxy groups -OCH3 is 1. The highest BCUT2D eigenvalue weighted by molar-refractivity contribution is 7.92. The van der Waals surface area contributed by atoms with Crippen molar-refractivity contribution in [2.24, 2.45) is 0 Å². The number of hydrogen-bond donors (Lipinski definition) is 3. The molecule has 0 bridgehead atoms. The van der Waals surface area contributed by atoms with E-state index in [1.165, 1.54) is 12.7 Å². The Morgan fingerprint density at radius 1 is 1.19 bits per heavy atom. The van der Waals surface area contributed by atoms with Gasteiger partial charge in [0.25, 0.3) is 0 Å². The summed E-state index contributed by atoms with van der Waals surface area (Å²) in [5, 5.41) is 6.08. The lowest BCUT2D eigenvalue weighted by atomic mass is 9.95. The van der Waals surface area contributed by atoms with E-state index in [0.717, 1.165) is 11.8 Å². The Kier molecular flexibility index (Phi) is 5.15. The van der Waals surface area contributed by atoms with Gasteiger partial charge in [-0.1, -0.05) is 24.3 Å². The normalized spacial score (nSPS) is 16.5. The number of hydrogen-bond acceptors (Lipinski definition) is 5. The Labute approximate surface area is 152 Å². The summed E-state index contributed by atoms with van der Waals surface area (Å²) in [5.41, 5.74) is 3.22. The lowest BCUT2D eigenvalue weighted by Gasteiger charge is -2.25. The molecule has 0 fully saturated rings. The van der Waals surface area contributed by atoms with Gasteiger partial charge in [-0.3, -0.25) is 9.52 Å². The molecule has 0 aliphatic carbocycles. The van der Waals surface area contributed by atoms with Crippen LogP contribution in [0.2, 0.25) is 0 Å². The second-order valence-corrected chi connectivity index (χ2v) is 7.93. The van der Waals surface area contributed by atoms with Crippen molar-refractivity contribution in [1.82, 2.24) is 5.32 Å². The predicted octanol–water partition coefficient (Wildman–Crippen LogP) is 1.72. The standard InChI is InChI=1S/C18H21N3O4S/c1-25-17-10-14(7-8-15(17)21-26(2,23)24)20-18(22)16-9-12-5-3-4-6-13(12)11-19-16/h3-8,10,16,19,21H,9,11H2,1-2H3,(H,20,22). The summed E-state index contributed by atoms with van der Waals surface area (Å²) in [6, 6.07) is 12.5. The van der Waals surface area contributed by atoms with Gasteiger partial charge in [0.1, 0.15) is 5.75 Å². The van der Waals surface area contributed by atoms with E-state index in [1.54, 1.807) is 18.2 Å². The van der Waals surface area contributed by atoms with Gasteiger partial charge in [-0.15, -0.1) is 0 Å². The fraction of sp³-hybridized carbons (Fsp3) is 0.278. The summed E-state index contributed by atoms with van der Waals surface area (Å²) in [4.78, 5) is 12.6. The predicted molar refractivity (Wildman–Crippen MR) is 101 cm³/mol. The van der Waals surface area contributed by atoms with Crippen LogP contribution in [0, 0.1) is 0 Å². The molecule has 0 aromatic heterocycles. The van der Waals surface area contributed by atoms with Crippen LogP contribution in [0.3, 0.4) is 0 Å². The van der Waals surface area contributed by atoms with Gasteiger partial charge in [0.15, 0.2) is 0 Å². The highest BCUT2D eigenvalue weighted by atomic mass is 32.2. The number of carbonyl (C=O) groups excluding carboxylic acids is 1. The van der Waals surface area contributed by atoms with Gasteiger partial charge in [-0.05, 0) is 29.7 Å². The minimum atomic E-state index is -3.42. The van der Waals surface area contributed by atoms with Gasteiger partial charge in [-0.2, -0.15) is 0 Å². The molecule has 1 unspecified atom stereocenters. The molecule has 138 valence electrons. The van der Waals surface area contributed by atoms with E-state index in [4.69, 9.17) is 4.74 Å². The molecule has 7 nitrogen and oxygen atoms in total. The van der Waals surface area contributed by atoms with Gasteiger partial charge in [0.05, 0.1) is 25.1 Å². The van der Waals surface area contributed by atoms with Gasteiger partial charge in [0, 0.05) is 18.3 Å². The van der Waals surface area contributed by atoms with Crippen LogP contribution in [0.4, 0.5) is 11.4 Å². The first-order valence-corrected chi connectivity index (χ1v) is 10.0. The fourth-order valence-electron chi connectivity index (χ4n) is 2.92. The third-order valence-corrected chi connectivity index (χ3v) is 4.75. The van der Waals surface area contributed by atoms with Crippen LogP contribution in [0.15, 0.2) is 42.5 Å². The van der Waals surface area contributed by atoms with E-state index in [9.17, 15) is 13.2 Å². The summed E-state index contributed by atoms with van der Waals surface area (Å²) >= 11 is 0. The Morgan fingerprint density at radius 2 is 1.92 bits per heavy atom. The van der Waals surface area contributed by atoms with Crippen LogP contribution >= 0.6 is 0 Å². The van der Waals surface area contributed by atoms with E-state index in [-0.39, 0.29) is 11.9 Å². The number of ether oxygens (including phenoxy) is 1. The summed E-state index contributed by atoms with van der Waals surface area (Å²) in [5.74, 6) is 0.181. The molecule has 0 saturated heterocycles. The van der Waals surface area contributed by atoms with Crippen molar-refractivity contribution in [2.75, 3.05) is 23.4 Å². The van der Waals surface area contributed by atoms with E-state index < -0.39 is 10.0 Å². The number of carbonyl (C=O) groups is 1. The van der Waals surface area contributed by atoms with E-state index in [0.29, 0.717) is 30.1 Å². The average molecular weight is 375 g/mol. The highest BCUT2D eigenvalue weighted by Crippen LogP contribution is 2.29. The Bertz CT molecular complexity index is 928. The van der Waals surface area contributed by atoms with E-state index >= 15 is 0 Å². The van der Waals surface area contributed by atoms with Crippen LogP contribution in [-0.4, -0.2) is 33.7 Å². The van der Waals surface area contributed by atoms with Crippen LogP contribution in [0.25, 0.3) is 0 Å². The second-order valence-electron chi connectivity index (χ2n) is 6.18. The maximum atomic E-state index is 12.6. The third-order valence-electron chi connectivity index (χ3n) is 4.16. The fourth-order valence-corrected chi connectivity index (χ4v) is 3.49. The zero-order chi connectivity index (χ0) is 18.7. The Morgan fingerprint density at radius 3 is 2.62 bits per heavy atom. The van der Waals surface area contributed by atoms with Crippen molar-refractivity contribution >= 4 is 27.3 Å². The largest absolute Gasteiger partial charge is 0.494 e. The molecule has 1 heterocycles. The number of benzene rings is 2. The van der Waals surface area contributed by atoms with Crippen LogP contribution in [-0.2, 0) is 27.8 Å². The molecule has 3 N–H and O–H groups in total. The molecule has 1 amide bonds. The number of fused-ring (bicyclic) bond motifs is 1. The molecule has 3 rings (SSSR count). The second kappa shape index (κ2) is 7.35. The van der Waals surface area contributed by atoms with Gasteiger partial charge >= 0.3 is 0 Å². The topological polar surface area (TPSA) is 96.5 Å². The molecule has 26 heavy (non-hydrogen) atoms. The zero-order valence-corrected chi connectivity index (χ0v) is 15.4. The number of anilines is 2. The SMILES string of the molecule is COc1cc(NC(=O)C2Cc3ccccc3CN2)ccc1NS(C)(=O)=O. The summed E-state index contributed by atoms with van der Waals surface area (Å²) in [6.07, 6.45) is 1.68. The summed E-state index contributed by atoms with van der Waals surface area (Å²) < 4.78 is 30.4. The molecule has 1 atom stereocenters.